The van der Waals surface area contributed by atoms with Crippen LogP contribution in [0.1, 0.15) is 37.5 Å². The normalized spacial score (nSPS) is 16.2. The maximum Gasteiger partial charge on any atom is 0.283 e. The number of aliphatic imine (C=N–C) groups is 1. The molecule has 0 saturated carbocycles. The van der Waals surface area contributed by atoms with Crippen molar-refractivity contribution in [1.82, 2.24) is 5.01 Å². The number of carbonyl (C=O) groups is 1. The summed E-state index contributed by atoms with van der Waals surface area (Å²) >= 11 is 7.88. The smallest absolute Gasteiger partial charge is 0.283 e. The van der Waals surface area contributed by atoms with Gasteiger partial charge in [0.2, 0.25) is 5.17 Å². The first-order chi connectivity index (χ1) is 17.7. The number of carbonyl (C=O) groups excluding carboxylic acids is 1. The Hall–Kier alpha value is -3.30. The molecular formula is C27H29ClN4O4S. The van der Waals surface area contributed by atoms with E-state index in [9.17, 15) is 4.79 Å². The van der Waals surface area contributed by atoms with Gasteiger partial charge >= 0.3 is 0 Å². The number of thioether (sulfide) groups is 1. The Balaban J connectivity index is 1.53. The van der Waals surface area contributed by atoms with Crippen molar-refractivity contribution in [1.29, 1.82) is 5.41 Å². The number of amides is 1. The van der Waals surface area contributed by atoms with Crippen LogP contribution in [0.2, 0.25) is 5.02 Å². The van der Waals surface area contributed by atoms with Crippen molar-refractivity contribution in [3.05, 3.63) is 57.6 Å². The Bertz CT molecular complexity index is 1320. The average molecular weight is 541 g/mol. The van der Waals surface area contributed by atoms with Crippen LogP contribution in [0.25, 0.3) is 6.08 Å². The first-order valence-electron chi connectivity index (χ1n) is 12.0. The fourth-order valence-corrected chi connectivity index (χ4v) is 4.96. The second-order valence-electron chi connectivity index (χ2n) is 8.79. The number of benzene rings is 2. The van der Waals surface area contributed by atoms with Crippen LogP contribution in [-0.4, -0.2) is 46.8 Å². The van der Waals surface area contributed by atoms with Gasteiger partial charge in [0.1, 0.15) is 24.0 Å². The number of halogens is 1. The fourth-order valence-electron chi connectivity index (χ4n) is 3.80. The molecule has 2 aromatic carbocycles. The summed E-state index contributed by atoms with van der Waals surface area (Å²) in [5.74, 6) is 1.31. The van der Waals surface area contributed by atoms with E-state index in [0.717, 1.165) is 21.9 Å². The highest BCUT2D eigenvalue weighted by Gasteiger charge is 2.36. The topological polar surface area (TPSA) is 96.6 Å². The minimum atomic E-state index is -0.498. The highest BCUT2D eigenvalue weighted by molar-refractivity contribution is 8.27. The highest BCUT2D eigenvalue weighted by atomic mass is 35.5. The van der Waals surface area contributed by atoms with Crippen molar-refractivity contribution in [2.45, 2.75) is 34.6 Å². The Labute approximate surface area is 225 Å². The van der Waals surface area contributed by atoms with Crippen molar-refractivity contribution >= 4 is 51.4 Å². The molecule has 0 fully saturated rings. The molecule has 0 bridgehead atoms. The average Bonchev–Trinajstić information content (AvgIpc) is 3.27. The molecule has 1 amide bonds. The van der Waals surface area contributed by atoms with Gasteiger partial charge in [0.15, 0.2) is 17.3 Å². The Morgan fingerprint density at radius 3 is 2.43 bits per heavy atom. The molecule has 0 aliphatic carbocycles. The number of aryl methyl sites for hydroxylation is 2. The summed E-state index contributed by atoms with van der Waals surface area (Å²) in [6, 6.07) is 9.39. The molecule has 2 aromatic rings. The first-order valence-corrected chi connectivity index (χ1v) is 13.2. The van der Waals surface area contributed by atoms with Crippen LogP contribution in [0, 0.1) is 25.2 Å². The number of hydrogen-bond acceptors (Lipinski definition) is 7. The van der Waals surface area contributed by atoms with E-state index in [1.807, 2.05) is 52.8 Å². The van der Waals surface area contributed by atoms with E-state index in [1.54, 1.807) is 18.2 Å². The molecule has 2 aliphatic rings. The second kappa shape index (κ2) is 11.4. The minimum Gasteiger partial charge on any atom is -0.490 e. The number of hydrogen-bond donors (Lipinski definition) is 1. The molecule has 0 saturated heterocycles. The summed E-state index contributed by atoms with van der Waals surface area (Å²) in [6.45, 7) is 10.9. The number of rotatable bonds is 9. The van der Waals surface area contributed by atoms with Crippen LogP contribution in [0.3, 0.4) is 0 Å². The predicted octanol–water partition coefficient (Wildman–Crippen LogP) is 6.09. The Morgan fingerprint density at radius 2 is 1.78 bits per heavy atom. The van der Waals surface area contributed by atoms with Crippen LogP contribution < -0.4 is 14.2 Å². The maximum absolute atomic E-state index is 12.7. The largest absolute Gasteiger partial charge is 0.490 e. The number of ether oxygens (including phenoxy) is 3. The lowest BCUT2D eigenvalue weighted by molar-refractivity contribution is -0.114. The molecule has 37 heavy (non-hydrogen) atoms. The van der Waals surface area contributed by atoms with Gasteiger partial charge in [-0.25, -0.2) is 0 Å². The lowest BCUT2D eigenvalue weighted by Crippen LogP contribution is -2.35. The molecular weight excluding hydrogens is 512 g/mol. The molecule has 0 unspecified atom stereocenters. The van der Waals surface area contributed by atoms with Crippen LogP contribution in [0.4, 0.5) is 0 Å². The minimum absolute atomic E-state index is 0.0313. The van der Waals surface area contributed by atoms with E-state index in [1.165, 1.54) is 16.8 Å². The lowest BCUT2D eigenvalue weighted by Gasteiger charge is -2.20. The number of fused-ring (bicyclic) bond motifs is 1. The third kappa shape index (κ3) is 5.83. The molecule has 194 valence electrons. The van der Waals surface area contributed by atoms with Gasteiger partial charge in [-0.1, -0.05) is 43.6 Å². The van der Waals surface area contributed by atoms with Gasteiger partial charge in [-0.15, -0.1) is 0 Å². The van der Waals surface area contributed by atoms with Crippen molar-refractivity contribution in [2.75, 3.05) is 19.8 Å². The van der Waals surface area contributed by atoms with E-state index < -0.39 is 5.91 Å². The molecule has 10 heteroatoms. The summed E-state index contributed by atoms with van der Waals surface area (Å²) in [6.07, 6.45) is 1.57. The van der Waals surface area contributed by atoms with Crippen molar-refractivity contribution in [2.24, 2.45) is 16.0 Å². The van der Waals surface area contributed by atoms with Crippen LogP contribution in [-0.2, 0) is 4.79 Å². The summed E-state index contributed by atoms with van der Waals surface area (Å²) in [7, 11) is 0. The first kappa shape index (κ1) is 26.8. The quantitative estimate of drug-likeness (QED) is 0.305. The molecule has 1 N–H and O–H groups in total. The van der Waals surface area contributed by atoms with Crippen molar-refractivity contribution in [3.8, 4) is 17.2 Å². The van der Waals surface area contributed by atoms with Gasteiger partial charge in [0.05, 0.1) is 17.2 Å². The Kier molecular flexibility index (Phi) is 8.24. The number of hydrazone groups is 1. The third-order valence-electron chi connectivity index (χ3n) is 5.59. The van der Waals surface area contributed by atoms with Crippen molar-refractivity contribution in [3.63, 3.8) is 0 Å². The Morgan fingerprint density at radius 1 is 1.11 bits per heavy atom. The molecule has 0 atom stereocenters. The van der Waals surface area contributed by atoms with Crippen LogP contribution >= 0.6 is 23.4 Å². The van der Waals surface area contributed by atoms with Gasteiger partial charge in [-0.05, 0) is 67.4 Å². The number of amidine groups is 2. The number of nitrogens with one attached hydrogen (secondary N) is 1. The van der Waals surface area contributed by atoms with E-state index in [0.29, 0.717) is 40.5 Å². The standard InChI is InChI=1S/C27H29ClN4O4S/c1-6-34-21-14-18(12-19-24(29)32-27(30-25(19)33)37-26(31-32)15(2)3)13-20(28)23(21)36-11-10-35-22-16(4)8-7-9-17(22)5/h7-9,12-15,29H,6,10-11H2,1-5H3/b19-12+,29-24?. The monoisotopic (exact) mass is 540 g/mol. The van der Waals surface area contributed by atoms with E-state index in [2.05, 4.69) is 10.1 Å². The van der Waals surface area contributed by atoms with Gasteiger partial charge in [0.25, 0.3) is 5.91 Å². The zero-order valence-corrected chi connectivity index (χ0v) is 23.0. The third-order valence-corrected chi connectivity index (χ3v) is 7.08. The number of para-hydroxylation sites is 1. The van der Waals surface area contributed by atoms with E-state index >= 15 is 0 Å². The van der Waals surface area contributed by atoms with Gasteiger partial charge < -0.3 is 14.2 Å². The molecule has 0 aromatic heterocycles. The number of nitrogens with zero attached hydrogens (tertiary/aromatic N) is 3. The molecule has 8 nitrogen and oxygen atoms in total. The lowest BCUT2D eigenvalue weighted by atomic mass is 10.1. The summed E-state index contributed by atoms with van der Waals surface area (Å²) in [5.41, 5.74) is 2.82. The SMILES string of the molecule is CCOc1cc(/C=C2\C(=N)N3N=C(C(C)C)SC3=NC2=O)cc(Cl)c1OCCOc1c(C)cccc1C. The summed E-state index contributed by atoms with van der Waals surface area (Å²) in [4.78, 5) is 16.9. The van der Waals surface area contributed by atoms with Crippen LogP contribution in [0.15, 0.2) is 46.0 Å². The second-order valence-corrected chi connectivity index (χ2v) is 10.2. The van der Waals surface area contributed by atoms with Gasteiger partial charge in [-0.3, -0.25) is 10.2 Å². The molecule has 2 heterocycles. The van der Waals surface area contributed by atoms with Gasteiger partial charge in [0, 0.05) is 5.92 Å². The van der Waals surface area contributed by atoms with Crippen molar-refractivity contribution < 1.29 is 19.0 Å². The fraction of sp³-hybridized carbons (Fsp3) is 0.333. The molecule has 0 radical (unpaired) electrons. The molecule has 4 rings (SSSR count). The summed E-state index contributed by atoms with van der Waals surface area (Å²) < 4.78 is 17.6. The maximum atomic E-state index is 12.7. The zero-order chi connectivity index (χ0) is 26.7. The van der Waals surface area contributed by atoms with Crippen LogP contribution in [0.5, 0.6) is 17.2 Å². The molecule has 2 aliphatic heterocycles. The zero-order valence-electron chi connectivity index (χ0n) is 21.4. The van der Waals surface area contributed by atoms with Gasteiger partial charge in [-0.2, -0.15) is 15.1 Å². The highest BCUT2D eigenvalue weighted by Crippen LogP contribution is 2.38. The molecule has 0 spiro atoms. The predicted molar refractivity (Wildman–Crippen MR) is 149 cm³/mol. The van der Waals surface area contributed by atoms with E-state index in [4.69, 9.17) is 31.2 Å². The summed E-state index contributed by atoms with van der Waals surface area (Å²) in [5, 5.41) is 15.9. The van der Waals surface area contributed by atoms with E-state index in [-0.39, 0.29) is 23.9 Å².